The van der Waals surface area contributed by atoms with Gasteiger partial charge in [-0.25, -0.2) is 4.99 Å². The highest BCUT2D eigenvalue weighted by Gasteiger charge is 2.22. The van der Waals surface area contributed by atoms with E-state index in [0.29, 0.717) is 25.3 Å². The molecule has 1 fully saturated rings. The Morgan fingerprint density at radius 3 is 2.60 bits per heavy atom. The second kappa shape index (κ2) is 8.36. The number of aliphatic imine (C=N–C) groups is 2. The Morgan fingerprint density at radius 1 is 1.32 bits per heavy atom. The molecule has 0 bridgehead atoms. The van der Waals surface area contributed by atoms with E-state index >= 15 is 0 Å². The topological polar surface area (TPSA) is 165 Å². The highest BCUT2D eigenvalue weighted by atomic mass is 16.5. The molecule has 1 aromatic rings. The van der Waals surface area contributed by atoms with Gasteiger partial charge >= 0.3 is 0 Å². The van der Waals surface area contributed by atoms with Crippen LogP contribution in [0.15, 0.2) is 34.3 Å². The summed E-state index contributed by atoms with van der Waals surface area (Å²) in [5.41, 5.74) is 18.2. The van der Waals surface area contributed by atoms with Crippen LogP contribution < -0.4 is 22.5 Å². The number of nitrogens with one attached hydrogen (secondary N) is 2. The van der Waals surface area contributed by atoms with Gasteiger partial charge in [0.05, 0.1) is 18.7 Å². The number of amides is 1. The summed E-state index contributed by atoms with van der Waals surface area (Å²) in [7, 11) is 0. The third-order valence-corrected chi connectivity index (χ3v) is 3.68. The van der Waals surface area contributed by atoms with E-state index in [1.54, 1.807) is 12.1 Å². The van der Waals surface area contributed by atoms with Crippen LogP contribution in [-0.2, 0) is 9.53 Å². The van der Waals surface area contributed by atoms with E-state index in [1.807, 2.05) is 19.1 Å². The summed E-state index contributed by atoms with van der Waals surface area (Å²) in [5.74, 6) is -1.07. The first-order valence-electron chi connectivity index (χ1n) is 7.84. The monoisotopic (exact) mass is 345 g/mol. The molecule has 0 radical (unpaired) electrons. The lowest BCUT2D eigenvalue weighted by Gasteiger charge is -2.25. The molecule has 0 aliphatic carbocycles. The van der Waals surface area contributed by atoms with Crippen LogP contribution in [0.2, 0.25) is 0 Å². The summed E-state index contributed by atoms with van der Waals surface area (Å²) in [6, 6.07) is 6.85. The van der Waals surface area contributed by atoms with Crippen LogP contribution in [0.5, 0.6) is 0 Å². The zero-order chi connectivity index (χ0) is 18.4. The van der Waals surface area contributed by atoms with Crippen molar-refractivity contribution >= 4 is 29.1 Å². The summed E-state index contributed by atoms with van der Waals surface area (Å²) >= 11 is 0. The number of primary amides is 1. The number of guanidine groups is 1. The molecule has 9 heteroatoms. The second-order valence-electron chi connectivity index (χ2n) is 5.77. The lowest BCUT2D eigenvalue weighted by atomic mass is 10.1. The molecule has 2 rings (SSSR count). The molecule has 8 N–H and O–H groups in total. The summed E-state index contributed by atoms with van der Waals surface area (Å²) in [6.45, 7) is 2.90. The SMILES string of the molecule is Cc1ccc(NC(=NC(N)=N[C@@H]2CCOC[C@@H]2N)C(=N)C(N)=O)cc1. The Morgan fingerprint density at radius 2 is 2.00 bits per heavy atom. The van der Waals surface area contributed by atoms with Crippen molar-refractivity contribution in [3.63, 3.8) is 0 Å². The van der Waals surface area contributed by atoms with Gasteiger partial charge in [0, 0.05) is 12.3 Å². The minimum Gasteiger partial charge on any atom is -0.380 e. The third kappa shape index (κ3) is 5.37. The molecule has 0 aromatic heterocycles. The molecular weight excluding hydrogens is 322 g/mol. The van der Waals surface area contributed by atoms with Crippen LogP contribution in [0.1, 0.15) is 12.0 Å². The predicted octanol–water partition coefficient (Wildman–Crippen LogP) is -0.259. The maximum atomic E-state index is 11.4. The van der Waals surface area contributed by atoms with E-state index in [9.17, 15) is 4.79 Å². The van der Waals surface area contributed by atoms with Crippen molar-refractivity contribution in [2.45, 2.75) is 25.4 Å². The number of rotatable bonds is 4. The molecular formula is C16H23N7O2. The van der Waals surface area contributed by atoms with Gasteiger partial charge in [0.25, 0.3) is 5.91 Å². The lowest BCUT2D eigenvalue weighted by molar-refractivity contribution is -0.111. The first-order chi connectivity index (χ1) is 11.9. The summed E-state index contributed by atoms with van der Waals surface area (Å²) in [4.78, 5) is 19.7. The number of nitrogens with zero attached hydrogens (tertiary/aromatic N) is 2. The molecule has 0 spiro atoms. The van der Waals surface area contributed by atoms with Crippen molar-refractivity contribution in [3.8, 4) is 0 Å². The zero-order valence-corrected chi connectivity index (χ0v) is 14.0. The number of hydrogen-bond donors (Lipinski definition) is 5. The van der Waals surface area contributed by atoms with Gasteiger partial charge in [-0.15, -0.1) is 0 Å². The van der Waals surface area contributed by atoms with Gasteiger partial charge in [-0.1, -0.05) is 17.7 Å². The average molecular weight is 345 g/mol. The quantitative estimate of drug-likeness (QED) is 0.374. The number of carbonyl (C=O) groups is 1. The minimum absolute atomic E-state index is 0.0711. The molecule has 1 aliphatic rings. The van der Waals surface area contributed by atoms with E-state index in [4.69, 9.17) is 27.3 Å². The van der Waals surface area contributed by atoms with Crippen LogP contribution in [0, 0.1) is 12.3 Å². The number of nitrogens with two attached hydrogens (primary N) is 3. The van der Waals surface area contributed by atoms with Crippen LogP contribution in [0.25, 0.3) is 0 Å². The molecule has 0 unspecified atom stereocenters. The van der Waals surface area contributed by atoms with E-state index in [2.05, 4.69) is 15.3 Å². The molecule has 9 nitrogen and oxygen atoms in total. The first-order valence-corrected chi connectivity index (χ1v) is 7.84. The molecule has 0 saturated carbocycles. The Bertz CT molecular complexity index is 697. The molecule has 1 saturated heterocycles. The van der Waals surface area contributed by atoms with Gasteiger partial charge in [-0.3, -0.25) is 10.2 Å². The zero-order valence-electron chi connectivity index (χ0n) is 14.0. The number of hydrogen-bond acceptors (Lipinski definition) is 5. The van der Waals surface area contributed by atoms with Crippen LogP contribution >= 0.6 is 0 Å². The second-order valence-corrected chi connectivity index (χ2v) is 5.77. The van der Waals surface area contributed by atoms with Gasteiger partial charge in [-0.2, -0.15) is 4.99 Å². The Balaban J connectivity index is 2.23. The first kappa shape index (κ1) is 18.6. The van der Waals surface area contributed by atoms with Crippen molar-refractivity contribution in [2.24, 2.45) is 27.2 Å². The summed E-state index contributed by atoms with van der Waals surface area (Å²) < 4.78 is 5.25. The van der Waals surface area contributed by atoms with Gasteiger partial charge in [0.1, 0.15) is 0 Å². The van der Waals surface area contributed by atoms with Gasteiger partial charge < -0.3 is 27.3 Å². The molecule has 1 amide bonds. The normalized spacial score (nSPS) is 21.7. The smallest absolute Gasteiger partial charge is 0.270 e. The van der Waals surface area contributed by atoms with Gasteiger partial charge in [0.15, 0.2) is 11.5 Å². The molecule has 1 aliphatic heterocycles. The van der Waals surface area contributed by atoms with Crippen molar-refractivity contribution < 1.29 is 9.53 Å². The number of benzene rings is 1. The fraction of sp³-hybridized carbons (Fsp3) is 0.375. The average Bonchev–Trinajstić information content (AvgIpc) is 2.57. The largest absolute Gasteiger partial charge is 0.380 e. The maximum Gasteiger partial charge on any atom is 0.270 e. The van der Waals surface area contributed by atoms with Crippen molar-refractivity contribution in [2.75, 3.05) is 18.5 Å². The van der Waals surface area contributed by atoms with E-state index < -0.39 is 11.6 Å². The third-order valence-electron chi connectivity index (χ3n) is 3.68. The Hall–Kier alpha value is -2.78. The Labute approximate surface area is 145 Å². The fourth-order valence-corrected chi connectivity index (χ4v) is 2.26. The lowest BCUT2D eigenvalue weighted by Crippen LogP contribution is -2.43. The number of ether oxygens (including phenoxy) is 1. The standard InChI is InChI=1S/C16H23N7O2/c1-9-2-4-10(5-3-9)21-15(13(18)14(19)24)23-16(20)22-12-6-7-25-8-11(12)17/h2-5,11-12,18H,6-8,17H2,1H3,(H2,19,24)(H3,20,21,22,23)/t11-,12+/m0/s1. The van der Waals surface area contributed by atoms with Crippen LogP contribution in [-0.4, -0.2) is 48.7 Å². The van der Waals surface area contributed by atoms with E-state index in [1.165, 1.54) is 0 Å². The van der Waals surface area contributed by atoms with Gasteiger partial charge in [-0.05, 0) is 25.5 Å². The van der Waals surface area contributed by atoms with Crippen LogP contribution in [0.3, 0.4) is 0 Å². The van der Waals surface area contributed by atoms with Crippen molar-refractivity contribution in [1.82, 2.24) is 0 Å². The molecule has 2 atom stereocenters. The van der Waals surface area contributed by atoms with Crippen molar-refractivity contribution in [3.05, 3.63) is 29.8 Å². The van der Waals surface area contributed by atoms with Crippen molar-refractivity contribution in [1.29, 1.82) is 5.41 Å². The highest BCUT2D eigenvalue weighted by molar-refractivity contribution is 6.67. The predicted molar refractivity (Wildman–Crippen MR) is 98.0 cm³/mol. The number of anilines is 1. The maximum absolute atomic E-state index is 11.4. The number of carbonyl (C=O) groups excluding carboxylic acids is 1. The highest BCUT2D eigenvalue weighted by Crippen LogP contribution is 2.11. The van der Waals surface area contributed by atoms with Gasteiger partial charge in [0.2, 0.25) is 5.96 Å². The molecule has 1 aromatic carbocycles. The molecule has 134 valence electrons. The number of aryl methyl sites for hydroxylation is 1. The number of amidine groups is 1. The fourth-order valence-electron chi connectivity index (χ4n) is 2.26. The molecule has 1 heterocycles. The van der Waals surface area contributed by atoms with E-state index in [-0.39, 0.29) is 23.9 Å². The van der Waals surface area contributed by atoms with E-state index in [0.717, 1.165) is 5.56 Å². The summed E-state index contributed by atoms with van der Waals surface area (Å²) in [6.07, 6.45) is 0.630. The summed E-state index contributed by atoms with van der Waals surface area (Å²) in [5, 5.41) is 10.7. The Kier molecular flexibility index (Phi) is 6.20. The minimum atomic E-state index is -0.922. The molecule has 25 heavy (non-hydrogen) atoms. The van der Waals surface area contributed by atoms with Crippen LogP contribution in [0.4, 0.5) is 5.69 Å².